The maximum absolute atomic E-state index is 5.64. The molecule has 18 heavy (non-hydrogen) atoms. The quantitative estimate of drug-likeness (QED) is 0.913. The van der Waals surface area contributed by atoms with Gasteiger partial charge in [0.2, 0.25) is 0 Å². The van der Waals surface area contributed by atoms with E-state index in [-0.39, 0.29) is 0 Å². The number of imidazole rings is 1. The predicted molar refractivity (Wildman–Crippen MR) is 74.5 cm³/mol. The van der Waals surface area contributed by atoms with Crippen LogP contribution >= 0.6 is 15.9 Å². The standard InChI is InChI=1S/C12H16BrN5/c13-12-9(7-14)16-11-6-5-10(17-18(11)12)15-8-3-1-2-4-8/h5-6,8H,1-4,7,14H2,(H,15,17). The Balaban J connectivity index is 1.91. The largest absolute Gasteiger partial charge is 0.366 e. The zero-order valence-electron chi connectivity index (χ0n) is 10.1. The normalized spacial score (nSPS) is 16.6. The molecule has 2 heterocycles. The minimum atomic E-state index is 0.412. The molecule has 6 heteroatoms. The van der Waals surface area contributed by atoms with Gasteiger partial charge >= 0.3 is 0 Å². The Hall–Kier alpha value is -1.14. The maximum atomic E-state index is 5.64. The smallest absolute Gasteiger partial charge is 0.155 e. The molecule has 3 rings (SSSR count). The lowest BCUT2D eigenvalue weighted by atomic mass is 10.2. The fourth-order valence-electron chi connectivity index (χ4n) is 2.44. The number of hydrogen-bond donors (Lipinski definition) is 2. The second-order valence-corrected chi connectivity index (χ2v) is 5.42. The van der Waals surface area contributed by atoms with Gasteiger partial charge in [-0.1, -0.05) is 12.8 Å². The topological polar surface area (TPSA) is 68.2 Å². The van der Waals surface area contributed by atoms with Crippen molar-refractivity contribution in [3.05, 3.63) is 22.4 Å². The van der Waals surface area contributed by atoms with Crippen molar-refractivity contribution in [2.24, 2.45) is 5.73 Å². The molecule has 0 aromatic carbocycles. The van der Waals surface area contributed by atoms with E-state index in [0.29, 0.717) is 12.6 Å². The van der Waals surface area contributed by atoms with Gasteiger partial charge in [-0.2, -0.15) is 0 Å². The van der Waals surface area contributed by atoms with Crippen molar-refractivity contribution in [1.82, 2.24) is 14.6 Å². The predicted octanol–water partition coefficient (Wildman–Crippen LogP) is 2.30. The van der Waals surface area contributed by atoms with Crippen LogP contribution in [0.3, 0.4) is 0 Å². The summed E-state index contributed by atoms with van der Waals surface area (Å²) in [7, 11) is 0. The molecule has 1 aliphatic carbocycles. The number of anilines is 1. The Morgan fingerprint density at radius 2 is 2.17 bits per heavy atom. The van der Waals surface area contributed by atoms with Gasteiger partial charge in [0, 0.05) is 12.6 Å². The fourth-order valence-corrected chi connectivity index (χ4v) is 2.95. The molecule has 0 spiro atoms. The van der Waals surface area contributed by atoms with Crippen LogP contribution in [-0.2, 0) is 6.54 Å². The van der Waals surface area contributed by atoms with Gasteiger partial charge in [0.25, 0.3) is 0 Å². The van der Waals surface area contributed by atoms with E-state index in [1.165, 1.54) is 25.7 Å². The van der Waals surface area contributed by atoms with E-state index in [1.807, 2.05) is 12.1 Å². The summed E-state index contributed by atoms with van der Waals surface area (Å²) in [5.41, 5.74) is 7.29. The summed E-state index contributed by atoms with van der Waals surface area (Å²) in [6, 6.07) is 4.51. The molecule has 1 aliphatic rings. The highest BCUT2D eigenvalue weighted by Gasteiger charge is 2.16. The Labute approximate surface area is 114 Å². The summed E-state index contributed by atoms with van der Waals surface area (Å²) in [6.45, 7) is 0.412. The van der Waals surface area contributed by atoms with Crippen LogP contribution in [0.15, 0.2) is 16.7 Å². The molecular formula is C12H16BrN5. The first kappa shape index (κ1) is 11.9. The maximum Gasteiger partial charge on any atom is 0.155 e. The Morgan fingerprint density at radius 1 is 1.39 bits per heavy atom. The van der Waals surface area contributed by atoms with Gasteiger partial charge in [-0.15, -0.1) is 5.10 Å². The SMILES string of the molecule is NCc1nc2ccc(NC3CCCC3)nn2c1Br. The molecule has 1 saturated carbocycles. The van der Waals surface area contributed by atoms with Crippen LogP contribution < -0.4 is 11.1 Å². The summed E-state index contributed by atoms with van der Waals surface area (Å²) < 4.78 is 2.63. The van der Waals surface area contributed by atoms with Gasteiger partial charge in [0.15, 0.2) is 5.65 Å². The average Bonchev–Trinajstić information content (AvgIpc) is 2.99. The van der Waals surface area contributed by atoms with Gasteiger partial charge in [-0.3, -0.25) is 0 Å². The zero-order valence-corrected chi connectivity index (χ0v) is 11.7. The molecule has 0 saturated heterocycles. The highest BCUT2D eigenvalue weighted by atomic mass is 79.9. The minimum Gasteiger partial charge on any atom is -0.366 e. The van der Waals surface area contributed by atoms with E-state index in [9.17, 15) is 0 Å². The highest BCUT2D eigenvalue weighted by Crippen LogP contribution is 2.23. The van der Waals surface area contributed by atoms with Crippen molar-refractivity contribution in [2.45, 2.75) is 38.3 Å². The van der Waals surface area contributed by atoms with Gasteiger partial charge in [-0.05, 0) is 40.9 Å². The van der Waals surface area contributed by atoms with Gasteiger partial charge < -0.3 is 11.1 Å². The van der Waals surface area contributed by atoms with Gasteiger partial charge in [-0.25, -0.2) is 9.50 Å². The Bertz CT molecular complexity index is 559. The molecule has 96 valence electrons. The minimum absolute atomic E-state index is 0.412. The molecular weight excluding hydrogens is 294 g/mol. The third-order valence-electron chi connectivity index (χ3n) is 3.39. The van der Waals surface area contributed by atoms with Crippen molar-refractivity contribution >= 4 is 27.4 Å². The summed E-state index contributed by atoms with van der Waals surface area (Å²) in [5.74, 6) is 0.899. The van der Waals surface area contributed by atoms with Crippen molar-refractivity contribution in [1.29, 1.82) is 0 Å². The Morgan fingerprint density at radius 3 is 2.89 bits per heavy atom. The van der Waals surface area contributed by atoms with E-state index in [0.717, 1.165) is 21.8 Å². The monoisotopic (exact) mass is 309 g/mol. The Kier molecular flexibility index (Phi) is 3.22. The molecule has 5 nitrogen and oxygen atoms in total. The van der Waals surface area contributed by atoms with Crippen LogP contribution in [0.2, 0.25) is 0 Å². The third kappa shape index (κ3) is 2.10. The molecule has 0 atom stereocenters. The zero-order chi connectivity index (χ0) is 12.5. The third-order valence-corrected chi connectivity index (χ3v) is 4.18. The van der Waals surface area contributed by atoms with Crippen LogP contribution in [-0.4, -0.2) is 20.6 Å². The molecule has 1 fully saturated rings. The molecule has 0 radical (unpaired) electrons. The first-order valence-corrected chi connectivity index (χ1v) is 7.08. The highest BCUT2D eigenvalue weighted by molar-refractivity contribution is 9.10. The van der Waals surface area contributed by atoms with Crippen molar-refractivity contribution < 1.29 is 0 Å². The van der Waals surface area contributed by atoms with Crippen LogP contribution in [0.4, 0.5) is 5.82 Å². The fraction of sp³-hybridized carbons (Fsp3) is 0.500. The summed E-state index contributed by atoms with van der Waals surface area (Å²) in [5, 5.41) is 8.02. The second kappa shape index (κ2) is 4.85. The number of halogens is 1. The first-order chi connectivity index (χ1) is 8.78. The second-order valence-electron chi connectivity index (χ2n) is 4.67. The van der Waals surface area contributed by atoms with E-state index in [2.05, 4.69) is 31.3 Å². The molecule has 2 aromatic rings. The van der Waals surface area contributed by atoms with Gasteiger partial charge in [0.05, 0.1) is 5.69 Å². The number of nitrogens with zero attached hydrogens (tertiary/aromatic N) is 3. The van der Waals surface area contributed by atoms with Crippen molar-refractivity contribution in [3.8, 4) is 0 Å². The molecule has 0 amide bonds. The molecule has 0 unspecified atom stereocenters. The average molecular weight is 310 g/mol. The van der Waals surface area contributed by atoms with Crippen molar-refractivity contribution in [2.75, 3.05) is 5.32 Å². The molecule has 0 bridgehead atoms. The van der Waals surface area contributed by atoms with Crippen LogP contribution in [0.1, 0.15) is 31.4 Å². The lowest BCUT2D eigenvalue weighted by molar-refractivity contribution is 0.742. The summed E-state index contributed by atoms with van der Waals surface area (Å²) in [4.78, 5) is 4.40. The van der Waals surface area contributed by atoms with E-state index in [4.69, 9.17) is 5.73 Å². The van der Waals surface area contributed by atoms with E-state index < -0.39 is 0 Å². The lowest BCUT2D eigenvalue weighted by Gasteiger charge is -2.12. The number of aromatic nitrogens is 3. The number of nitrogens with two attached hydrogens (primary N) is 1. The lowest BCUT2D eigenvalue weighted by Crippen LogP contribution is -2.16. The molecule has 2 aromatic heterocycles. The van der Waals surface area contributed by atoms with Crippen molar-refractivity contribution in [3.63, 3.8) is 0 Å². The van der Waals surface area contributed by atoms with Gasteiger partial charge in [0.1, 0.15) is 10.4 Å². The summed E-state index contributed by atoms with van der Waals surface area (Å²) >= 11 is 3.49. The van der Waals surface area contributed by atoms with Crippen LogP contribution in [0.25, 0.3) is 5.65 Å². The number of nitrogens with one attached hydrogen (secondary N) is 1. The first-order valence-electron chi connectivity index (χ1n) is 6.28. The number of rotatable bonds is 3. The van der Waals surface area contributed by atoms with Crippen LogP contribution in [0, 0.1) is 0 Å². The number of fused-ring (bicyclic) bond motifs is 1. The molecule has 0 aliphatic heterocycles. The van der Waals surface area contributed by atoms with E-state index in [1.54, 1.807) is 4.52 Å². The summed E-state index contributed by atoms with van der Waals surface area (Å²) in [6.07, 6.45) is 5.09. The van der Waals surface area contributed by atoms with E-state index >= 15 is 0 Å². The number of hydrogen-bond acceptors (Lipinski definition) is 4. The van der Waals surface area contributed by atoms with Crippen LogP contribution in [0.5, 0.6) is 0 Å². The molecule has 3 N–H and O–H groups in total.